The van der Waals surface area contributed by atoms with Crippen LogP contribution in [0.5, 0.6) is 0 Å². The number of hydrogen-bond donors (Lipinski definition) is 1. The van der Waals surface area contributed by atoms with Crippen LogP contribution in [0.25, 0.3) is 0 Å². The molecule has 1 N–H and O–H groups in total. The normalized spacial score (nSPS) is 13.5. The van der Waals surface area contributed by atoms with E-state index in [9.17, 15) is 0 Å². The summed E-state index contributed by atoms with van der Waals surface area (Å²) >= 11 is 6.21. The number of hydrogen-bond acceptors (Lipinski definition) is 2. The van der Waals surface area contributed by atoms with Gasteiger partial charge in [0.25, 0.3) is 0 Å². The van der Waals surface area contributed by atoms with Gasteiger partial charge in [0, 0.05) is 17.1 Å². The Morgan fingerprint density at radius 3 is 2.50 bits per heavy atom. The average Bonchev–Trinajstić information content (AvgIpc) is 2.47. The van der Waals surface area contributed by atoms with Gasteiger partial charge in [0.05, 0.1) is 11.6 Å². The van der Waals surface area contributed by atoms with Gasteiger partial charge in [-0.25, -0.2) is 0 Å². The van der Waals surface area contributed by atoms with Crippen molar-refractivity contribution in [1.82, 2.24) is 5.32 Å². The Balaban J connectivity index is 2.13. The van der Waals surface area contributed by atoms with E-state index in [2.05, 4.69) is 25.2 Å². The van der Waals surface area contributed by atoms with Crippen molar-refractivity contribution in [3.63, 3.8) is 0 Å². The molecule has 0 saturated carbocycles. The minimum atomic E-state index is 0.143. The maximum Gasteiger partial charge on any atom is 0.0991 e. The first kappa shape index (κ1) is 14.6. The molecule has 0 spiro atoms. The minimum Gasteiger partial charge on any atom is -0.304 e. The van der Waals surface area contributed by atoms with E-state index < -0.39 is 0 Å². The summed E-state index contributed by atoms with van der Waals surface area (Å²) in [6.45, 7) is 4.18. The smallest absolute Gasteiger partial charge is 0.0991 e. The third-order valence-electron chi connectivity index (χ3n) is 3.39. The lowest BCUT2D eigenvalue weighted by molar-refractivity contribution is 0.495. The number of halogens is 1. The lowest BCUT2D eigenvalue weighted by Crippen LogP contribution is -2.22. The van der Waals surface area contributed by atoms with Crippen molar-refractivity contribution >= 4 is 11.6 Å². The quantitative estimate of drug-likeness (QED) is 0.889. The first-order chi connectivity index (χ1) is 9.61. The number of nitrogens with one attached hydrogen (secondary N) is 1. The van der Waals surface area contributed by atoms with Crippen LogP contribution in [0.4, 0.5) is 0 Å². The van der Waals surface area contributed by atoms with Crippen LogP contribution in [-0.4, -0.2) is 0 Å². The Labute approximate surface area is 125 Å². The second-order valence-electron chi connectivity index (χ2n) is 4.87. The second kappa shape index (κ2) is 6.56. The van der Waals surface area contributed by atoms with Crippen LogP contribution in [0, 0.1) is 11.3 Å². The van der Waals surface area contributed by atoms with Crippen LogP contribution >= 0.6 is 11.6 Å². The molecule has 2 atom stereocenters. The van der Waals surface area contributed by atoms with E-state index in [1.165, 1.54) is 0 Å². The van der Waals surface area contributed by atoms with Crippen molar-refractivity contribution in [2.45, 2.75) is 25.9 Å². The molecular weight excluding hydrogens is 268 g/mol. The largest absolute Gasteiger partial charge is 0.304 e. The van der Waals surface area contributed by atoms with Gasteiger partial charge in [-0.15, -0.1) is 0 Å². The second-order valence-corrected chi connectivity index (χ2v) is 5.28. The number of rotatable bonds is 4. The molecule has 0 radical (unpaired) electrons. The zero-order valence-electron chi connectivity index (χ0n) is 11.6. The Morgan fingerprint density at radius 2 is 1.80 bits per heavy atom. The zero-order chi connectivity index (χ0) is 14.5. The lowest BCUT2D eigenvalue weighted by Gasteiger charge is -2.21. The van der Waals surface area contributed by atoms with Crippen LogP contribution in [0.3, 0.4) is 0 Å². The summed E-state index contributed by atoms with van der Waals surface area (Å²) in [4.78, 5) is 0. The van der Waals surface area contributed by atoms with E-state index in [0.717, 1.165) is 16.1 Å². The Hall–Kier alpha value is -1.82. The topological polar surface area (TPSA) is 35.8 Å². The molecule has 2 rings (SSSR count). The molecule has 3 heteroatoms. The van der Waals surface area contributed by atoms with Gasteiger partial charge >= 0.3 is 0 Å². The summed E-state index contributed by atoms with van der Waals surface area (Å²) < 4.78 is 0. The molecule has 20 heavy (non-hydrogen) atoms. The molecule has 2 nitrogen and oxygen atoms in total. The molecule has 0 heterocycles. The van der Waals surface area contributed by atoms with Gasteiger partial charge < -0.3 is 5.32 Å². The summed E-state index contributed by atoms with van der Waals surface area (Å²) in [5, 5.41) is 13.2. The average molecular weight is 285 g/mol. The highest BCUT2D eigenvalue weighted by molar-refractivity contribution is 6.31. The first-order valence-corrected chi connectivity index (χ1v) is 7.00. The van der Waals surface area contributed by atoms with Crippen molar-refractivity contribution in [2.75, 3.05) is 0 Å². The Bertz CT molecular complexity index is 631. The van der Waals surface area contributed by atoms with Crippen molar-refractivity contribution in [3.8, 4) is 6.07 Å². The lowest BCUT2D eigenvalue weighted by atomic mass is 10.0. The van der Waals surface area contributed by atoms with Crippen molar-refractivity contribution in [1.29, 1.82) is 5.26 Å². The zero-order valence-corrected chi connectivity index (χ0v) is 12.4. The summed E-state index contributed by atoms with van der Waals surface area (Å²) in [5.41, 5.74) is 2.86. The van der Waals surface area contributed by atoms with E-state index in [4.69, 9.17) is 16.9 Å². The highest BCUT2D eigenvalue weighted by atomic mass is 35.5. The van der Waals surface area contributed by atoms with Crippen LogP contribution in [0.2, 0.25) is 5.02 Å². The van der Waals surface area contributed by atoms with Crippen molar-refractivity contribution in [3.05, 3.63) is 70.2 Å². The first-order valence-electron chi connectivity index (χ1n) is 6.62. The standard InChI is InChI=1S/C17H17ClN2/c1-12(15-7-5-6-14(10-15)11-19)20-13(2)16-8-3-4-9-17(16)18/h3-10,12-13,20H,1-2H3/t12?,13-/m0/s1. The van der Waals surface area contributed by atoms with Gasteiger partial charge in [0.15, 0.2) is 0 Å². The van der Waals surface area contributed by atoms with E-state index in [-0.39, 0.29) is 12.1 Å². The van der Waals surface area contributed by atoms with E-state index in [1.54, 1.807) is 0 Å². The molecule has 1 unspecified atom stereocenters. The summed E-state index contributed by atoms with van der Waals surface area (Å²) in [7, 11) is 0. The third-order valence-corrected chi connectivity index (χ3v) is 3.73. The Morgan fingerprint density at radius 1 is 1.05 bits per heavy atom. The van der Waals surface area contributed by atoms with Crippen LogP contribution < -0.4 is 5.32 Å². The van der Waals surface area contributed by atoms with Gasteiger partial charge in [0.2, 0.25) is 0 Å². The molecule has 2 aromatic rings. The monoisotopic (exact) mass is 284 g/mol. The fraction of sp³-hybridized carbons (Fsp3) is 0.235. The third kappa shape index (κ3) is 3.39. The molecule has 0 bridgehead atoms. The number of nitrogens with zero attached hydrogens (tertiary/aromatic N) is 1. The predicted molar refractivity (Wildman–Crippen MR) is 82.6 cm³/mol. The highest BCUT2D eigenvalue weighted by Crippen LogP contribution is 2.25. The van der Waals surface area contributed by atoms with Gasteiger partial charge in [-0.05, 0) is 43.2 Å². The van der Waals surface area contributed by atoms with E-state index >= 15 is 0 Å². The SMILES string of the molecule is CC(N[C@@H](C)c1ccccc1Cl)c1cccc(C#N)c1. The number of benzene rings is 2. The molecule has 102 valence electrons. The van der Waals surface area contributed by atoms with Crippen LogP contribution in [-0.2, 0) is 0 Å². The van der Waals surface area contributed by atoms with Gasteiger partial charge in [-0.3, -0.25) is 0 Å². The number of nitriles is 1. The highest BCUT2D eigenvalue weighted by Gasteiger charge is 2.13. The predicted octanol–water partition coefficient (Wildman–Crippen LogP) is 4.62. The maximum absolute atomic E-state index is 8.95. The van der Waals surface area contributed by atoms with Crippen molar-refractivity contribution < 1.29 is 0 Å². The Kier molecular flexibility index (Phi) is 4.79. The fourth-order valence-corrected chi connectivity index (χ4v) is 2.56. The van der Waals surface area contributed by atoms with Crippen LogP contribution in [0.15, 0.2) is 48.5 Å². The van der Waals surface area contributed by atoms with Crippen molar-refractivity contribution in [2.24, 2.45) is 0 Å². The van der Waals surface area contributed by atoms with Crippen LogP contribution in [0.1, 0.15) is 42.6 Å². The molecule has 2 aromatic carbocycles. The molecule has 0 aliphatic heterocycles. The van der Waals surface area contributed by atoms with Gasteiger partial charge in [0.1, 0.15) is 0 Å². The van der Waals surface area contributed by atoms with E-state index in [1.807, 2.05) is 48.5 Å². The summed E-state index contributed by atoms with van der Waals surface area (Å²) in [6, 6.07) is 18.0. The molecular formula is C17H17ClN2. The fourth-order valence-electron chi connectivity index (χ4n) is 2.26. The van der Waals surface area contributed by atoms with Gasteiger partial charge in [-0.1, -0.05) is 41.9 Å². The minimum absolute atomic E-state index is 0.143. The van der Waals surface area contributed by atoms with E-state index in [0.29, 0.717) is 5.56 Å². The summed E-state index contributed by atoms with van der Waals surface area (Å²) in [6.07, 6.45) is 0. The molecule has 0 aliphatic rings. The molecule has 0 amide bonds. The molecule has 0 aliphatic carbocycles. The molecule has 0 aromatic heterocycles. The molecule has 0 fully saturated rings. The maximum atomic E-state index is 8.95. The van der Waals surface area contributed by atoms with Gasteiger partial charge in [-0.2, -0.15) is 5.26 Å². The summed E-state index contributed by atoms with van der Waals surface area (Å²) in [5.74, 6) is 0. The molecule has 0 saturated heterocycles.